The SMILES string of the molecule is CS(=O)(=O)Nc1ccc(CNc2nc(-c3cc(-c4ccon4)n(Cc4ccccc4F)n3)ncc2F)cc1O. The largest absolute Gasteiger partial charge is 0.506 e. The van der Waals surface area contributed by atoms with Gasteiger partial charge in [-0.25, -0.2) is 27.2 Å². The van der Waals surface area contributed by atoms with Crippen LogP contribution in [0, 0.1) is 11.6 Å². The van der Waals surface area contributed by atoms with E-state index in [0.717, 1.165) is 12.5 Å². The van der Waals surface area contributed by atoms with Crippen molar-refractivity contribution in [3.8, 4) is 28.7 Å². The van der Waals surface area contributed by atoms with Crippen LogP contribution in [0.15, 0.2) is 71.6 Å². The zero-order chi connectivity index (χ0) is 27.6. The third-order valence-corrected chi connectivity index (χ3v) is 6.14. The first-order chi connectivity index (χ1) is 18.7. The van der Waals surface area contributed by atoms with E-state index in [2.05, 4.69) is 30.3 Å². The van der Waals surface area contributed by atoms with E-state index in [9.17, 15) is 22.3 Å². The van der Waals surface area contributed by atoms with Crippen molar-refractivity contribution in [1.29, 1.82) is 0 Å². The molecule has 11 nitrogen and oxygen atoms in total. The number of rotatable bonds is 9. The lowest BCUT2D eigenvalue weighted by molar-refractivity contribution is 0.421. The van der Waals surface area contributed by atoms with E-state index >= 15 is 0 Å². The lowest BCUT2D eigenvalue weighted by atomic mass is 10.2. The number of phenols is 1. The monoisotopic (exact) mass is 553 g/mol. The first kappa shape index (κ1) is 25.8. The maximum absolute atomic E-state index is 14.6. The van der Waals surface area contributed by atoms with E-state index in [1.165, 1.54) is 29.1 Å². The molecule has 3 aromatic heterocycles. The van der Waals surface area contributed by atoms with Gasteiger partial charge in [-0.3, -0.25) is 9.40 Å². The number of benzene rings is 2. The Morgan fingerprint density at radius 2 is 1.87 bits per heavy atom. The van der Waals surface area contributed by atoms with Gasteiger partial charge in [-0.15, -0.1) is 0 Å². The Balaban J connectivity index is 1.41. The van der Waals surface area contributed by atoms with E-state index in [1.54, 1.807) is 36.4 Å². The van der Waals surface area contributed by atoms with Crippen molar-refractivity contribution in [3.05, 3.63) is 89.8 Å². The normalized spacial score (nSPS) is 11.5. The summed E-state index contributed by atoms with van der Waals surface area (Å²) < 4.78 is 60.4. The third-order valence-electron chi connectivity index (χ3n) is 5.55. The highest BCUT2D eigenvalue weighted by Crippen LogP contribution is 2.27. The van der Waals surface area contributed by atoms with Gasteiger partial charge in [0, 0.05) is 18.2 Å². The highest BCUT2D eigenvalue weighted by molar-refractivity contribution is 7.92. The molecule has 0 fully saturated rings. The van der Waals surface area contributed by atoms with Crippen molar-refractivity contribution in [3.63, 3.8) is 0 Å². The van der Waals surface area contributed by atoms with Crippen molar-refractivity contribution in [2.75, 3.05) is 16.3 Å². The van der Waals surface area contributed by atoms with Crippen LogP contribution in [-0.4, -0.2) is 44.7 Å². The molecule has 0 amide bonds. The number of sulfonamides is 1. The summed E-state index contributed by atoms with van der Waals surface area (Å²) in [5.74, 6) is -1.42. The summed E-state index contributed by atoms with van der Waals surface area (Å²) in [4.78, 5) is 8.32. The topological polar surface area (TPSA) is 148 Å². The van der Waals surface area contributed by atoms with Gasteiger partial charge in [-0.05, 0) is 29.8 Å². The minimum Gasteiger partial charge on any atom is -0.506 e. The molecule has 5 aromatic rings. The van der Waals surface area contributed by atoms with E-state index < -0.39 is 21.7 Å². The molecule has 3 N–H and O–H groups in total. The van der Waals surface area contributed by atoms with Crippen LogP contribution in [0.3, 0.4) is 0 Å². The fourth-order valence-corrected chi connectivity index (χ4v) is 4.33. The number of hydrogen-bond acceptors (Lipinski definition) is 9. The van der Waals surface area contributed by atoms with Crippen LogP contribution < -0.4 is 10.0 Å². The second-order valence-corrected chi connectivity index (χ2v) is 10.3. The molecular weight excluding hydrogens is 532 g/mol. The molecular formula is C25H21F2N7O4S. The highest BCUT2D eigenvalue weighted by atomic mass is 32.2. The first-order valence-corrected chi connectivity index (χ1v) is 13.3. The van der Waals surface area contributed by atoms with Gasteiger partial charge in [0.1, 0.15) is 29.2 Å². The van der Waals surface area contributed by atoms with E-state index in [0.29, 0.717) is 28.2 Å². The molecule has 0 bridgehead atoms. The Kier molecular flexibility index (Phi) is 6.94. The van der Waals surface area contributed by atoms with Crippen LogP contribution in [0.2, 0.25) is 0 Å². The number of halogens is 2. The second kappa shape index (κ2) is 10.5. The molecule has 200 valence electrons. The molecule has 0 radical (unpaired) electrons. The van der Waals surface area contributed by atoms with Gasteiger partial charge in [0.2, 0.25) is 10.0 Å². The summed E-state index contributed by atoms with van der Waals surface area (Å²) >= 11 is 0. The molecule has 0 aliphatic carbocycles. The third kappa shape index (κ3) is 6.01. The smallest absolute Gasteiger partial charge is 0.229 e. The van der Waals surface area contributed by atoms with E-state index in [4.69, 9.17) is 4.52 Å². The number of nitrogens with one attached hydrogen (secondary N) is 2. The molecule has 5 rings (SSSR count). The molecule has 0 aliphatic heterocycles. The van der Waals surface area contributed by atoms with Gasteiger partial charge >= 0.3 is 0 Å². The van der Waals surface area contributed by atoms with Crippen LogP contribution in [-0.2, 0) is 23.1 Å². The molecule has 39 heavy (non-hydrogen) atoms. The molecule has 0 saturated carbocycles. The summed E-state index contributed by atoms with van der Waals surface area (Å²) in [6.07, 6.45) is 3.36. The summed E-state index contributed by atoms with van der Waals surface area (Å²) in [6, 6.07) is 13.9. The van der Waals surface area contributed by atoms with Crippen LogP contribution in [0.5, 0.6) is 5.75 Å². The summed E-state index contributed by atoms with van der Waals surface area (Å²) in [6.45, 7) is 0.154. The lowest BCUT2D eigenvalue weighted by Gasteiger charge is -2.10. The maximum atomic E-state index is 14.6. The molecule has 0 aliphatic rings. The summed E-state index contributed by atoms with van der Waals surface area (Å²) in [7, 11) is -3.57. The van der Waals surface area contributed by atoms with E-state index in [-0.39, 0.29) is 36.2 Å². The number of hydrogen-bond donors (Lipinski definition) is 3. The summed E-state index contributed by atoms with van der Waals surface area (Å²) in [5.41, 5.74) is 2.22. The molecule has 0 spiro atoms. The van der Waals surface area contributed by atoms with E-state index in [1.807, 2.05) is 0 Å². The molecule has 2 aromatic carbocycles. The Morgan fingerprint density at radius 1 is 1.05 bits per heavy atom. The Bertz CT molecular complexity index is 1740. The van der Waals surface area contributed by atoms with Crippen LogP contribution in [0.25, 0.3) is 22.9 Å². The molecule has 0 unspecified atom stereocenters. The number of anilines is 2. The van der Waals surface area contributed by atoms with Gasteiger partial charge in [-0.1, -0.05) is 29.4 Å². The fourth-order valence-electron chi connectivity index (χ4n) is 3.76. The standard InChI is InChI=1S/C25H21F2N7O4S/c1-39(36,37)33-20-7-6-15(10-23(20)35)12-28-24-18(27)13-29-25(30-24)21-11-22(19-8-9-38-32-19)34(31-21)14-16-4-2-3-5-17(16)26/h2-11,13,33,35H,12,14H2,1H3,(H,28,29,30). The molecule has 0 atom stereocenters. The molecule has 3 heterocycles. The van der Waals surface area contributed by atoms with Gasteiger partial charge in [0.15, 0.2) is 17.5 Å². The van der Waals surface area contributed by atoms with Crippen LogP contribution >= 0.6 is 0 Å². The molecule has 14 heteroatoms. The lowest BCUT2D eigenvalue weighted by Crippen LogP contribution is -2.10. The number of aromatic hydroxyl groups is 1. The van der Waals surface area contributed by atoms with Crippen LogP contribution in [0.4, 0.5) is 20.3 Å². The number of aromatic nitrogens is 5. The van der Waals surface area contributed by atoms with Gasteiger partial charge in [0.25, 0.3) is 0 Å². The zero-order valence-corrected chi connectivity index (χ0v) is 21.2. The van der Waals surface area contributed by atoms with Gasteiger partial charge in [-0.2, -0.15) is 5.10 Å². The minimum absolute atomic E-state index is 0.0191. The fraction of sp³-hybridized carbons (Fsp3) is 0.120. The Morgan fingerprint density at radius 3 is 2.59 bits per heavy atom. The van der Waals surface area contributed by atoms with Gasteiger partial charge in [0.05, 0.1) is 30.4 Å². The maximum Gasteiger partial charge on any atom is 0.229 e. The quantitative estimate of drug-likeness (QED) is 0.230. The van der Waals surface area contributed by atoms with Crippen molar-refractivity contribution >= 4 is 21.5 Å². The van der Waals surface area contributed by atoms with Crippen molar-refractivity contribution in [2.24, 2.45) is 0 Å². The highest BCUT2D eigenvalue weighted by Gasteiger charge is 2.18. The predicted molar refractivity (Wildman–Crippen MR) is 138 cm³/mol. The number of phenolic OH excluding ortho intramolecular Hbond substituents is 1. The predicted octanol–water partition coefficient (Wildman–Crippen LogP) is 4.01. The minimum atomic E-state index is -3.57. The average Bonchev–Trinajstić information content (AvgIpc) is 3.56. The van der Waals surface area contributed by atoms with Crippen molar-refractivity contribution in [1.82, 2.24) is 24.9 Å². The Hall–Kier alpha value is -4.85. The van der Waals surface area contributed by atoms with Gasteiger partial charge < -0.3 is 14.9 Å². The number of nitrogens with zero attached hydrogens (tertiary/aromatic N) is 5. The Labute approximate surface area is 221 Å². The first-order valence-electron chi connectivity index (χ1n) is 11.4. The average molecular weight is 554 g/mol. The zero-order valence-electron chi connectivity index (χ0n) is 20.3. The van der Waals surface area contributed by atoms with Crippen molar-refractivity contribution in [2.45, 2.75) is 13.1 Å². The second-order valence-electron chi connectivity index (χ2n) is 8.52. The molecule has 0 saturated heterocycles. The van der Waals surface area contributed by atoms with Crippen LogP contribution in [0.1, 0.15) is 11.1 Å². The summed E-state index contributed by atoms with van der Waals surface area (Å²) in [5, 5.41) is 21.4. The van der Waals surface area contributed by atoms with Crippen molar-refractivity contribution < 1.29 is 26.8 Å².